The molecule has 6 heteroatoms. The number of hydrogen-bond donors (Lipinski definition) is 0. The van der Waals surface area contributed by atoms with Crippen LogP contribution in [0.15, 0.2) is 28.8 Å². The van der Waals surface area contributed by atoms with Gasteiger partial charge < -0.3 is 9.26 Å². The fraction of sp³-hybridized carbons (Fsp3) is 0.444. The fourth-order valence-electron chi connectivity index (χ4n) is 2.79. The van der Waals surface area contributed by atoms with E-state index < -0.39 is 0 Å². The average Bonchev–Trinajstić information content (AvgIpc) is 3.01. The van der Waals surface area contributed by atoms with Crippen molar-refractivity contribution in [2.75, 3.05) is 32.8 Å². The monoisotopic (exact) mass is 326 g/mol. The molecule has 3 rings (SSSR count). The van der Waals surface area contributed by atoms with E-state index in [2.05, 4.69) is 38.0 Å². The second-order valence-electron chi connectivity index (χ2n) is 5.92. The van der Waals surface area contributed by atoms with E-state index in [1.165, 1.54) is 5.56 Å². The summed E-state index contributed by atoms with van der Waals surface area (Å²) in [5.74, 6) is 4.68. The molecule has 0 spiro atoms. The SMILES string of the molecule is C#CCOc1ccc(CN2CCN(Cc3noc(C)n3)CC2)cc1. The molecule has 126 valence electrons. The molecule has 1 fully saturated rings. The maximum Gasteiger partial charge on any atom is 0.223 e. The summed E-state index contributed by atoms with van der Waals surface area (Å²) in [4.78, 5) is 9.08. The highest BCUT2D eigenvalue weighted by molar-refractivity contribution is 5.27. The van der Waals surface area contributed by atoms with Crippen LogP contribution in [0.25, 0.3) is 0 Å². The van der Waals surface area contributed by atoms with Crippen molar-refractivity contribution in [3.8, 4) is 18.1 Å². The summed E-state index contributed by atoms with van der Waals surface area (Å²) in [7, 11) is 0. The quantitative estimate of drug-likeness (QED) is 0.753. The van der Waals surface area contributed by atoms with E-state index in [1.54, 1.807) is 0 Å². The minimum atomic E-state index is 0.307. The van der Waals surface area contributed by atoms with Crippen LogP contribution in [-0.4, -0.2) is 52.7 Å². The molecule has 0 amide bonds. The molecule has 0 N–H and O–H groups in total. The van der Waals surface area contributed by atoms with Crippen LogP contribution >= 0.6 is 0 Å². The van der Waals surface area contributed by atoms with Crippen molar-refractivity contribution >= 4 is 0 Å². The number of piperazine rings is 1. The Kier molecular flexibility index (Phi) is 5.47. The zero-order chi connectivity index (χ0) is 16.8. The van der Waals surface area contributed by atoms with Gasteiger partial charge in [-0.2, -0.15) is 4.98 Å². The number of hydrogen-bond acceptors (Lipinski definition) is 6. The summed E-state index contributed by atoms with van der Waals surface area (Å²) in [5.41, 5.74) is 1.28. The Balaban J connectivity index is 1.44. The van der Waals surface area contributed by atoms with Crippen LogP contribution in [0.1, 0.15) is 17.3 Å². The Labute approximate surface area is 142 Å². The molecule has 2 heterocycles. The Hall–Kier alpha value is -2.36. The van der Waals surface area contributed by atoms with Gasteiger partial charge in [0.05, 0.1) is 6.54 Å². The zero-order valence-corrected chi connectivity index (χ0v) is 13.9. The Morgan fingerprint density at radius 1 is 1.12 bits per heavy atom. The number of ether oxygens (including phenoxy) is 1. The summed E-state index contributed by atoms with van der Waals surface area (Å²) in [6.07, 6.45) is 5.19. The number of benzene rings is 1. The number of rotatable bonds is 6. The standard InChI is InChI=1S/C18H22N4O2/c1-3-12-23-17-6-4-16(5-7-17)13-21-8-10-22(11-9-21)14-18-19-15(2)24-20-18/h1,4-7H,8-14H2,2H3. The van der Waals surface area contributed by atoms with E-state index >= 15 is 0 Å². The van der Waals surface area contributed by atoms with Crippen molar-refractivity contribution in [3.05, 3.63) is 41.5 Å². The molecule has 0 unspecified atom stereocenters. The fourth-order valence-corrected chi connectivity index (χ4v) is 2.79. The van der Waals surface area contributed by atoms with Gasteiger partial charge in [-0.1, -0.05) is 23.2 Å². The number of aryl methyl sites for hydroxylation is 1. The van der Waals surface area contributed by atoms with Crippen LogP contribution in [0, 0.1) is 19.3 Å². The van der Waals surface area contributed by atoms with E-state index in [0.29, 0.717) is 12.5 Å². The largest absolute Gasteiger partial charge is 0.481 e. The Morgan fingerprint density at radius 3 is 2.38 bits per heavy atom. The first-order valence-corrected chi connectivity index (χ1v) is 8.12. The molecule has 0 radical (unpaired) electrons. The lowest BCUT2D eigenvalue weighted by Crippen LogP contribution is -2.45. The van der Waals surface area contributed by atoms with Crippen LogP contribution in [0.2, 0.25) is 0 Å². The predicted molar refractivity (Wildman–Crippen MR) is 90.4 cm³/mol. The van der Waals surface area contributed by atoms with Gasteiger partial charge in [-0.25, -0.2) is 0 Å². The first-order valence-electron chi connectivity index (χ1n) is 8.12. The van der Waals surface area contributed by atoms with Crippen LogP contribution in [-0.2, 0) is 13.1 Å². The second kappa shape index (κ2) is 7.95. The molecular formula is C18H22N4O2. The van der Waals surface area contributed by atoms with Crippen molar-refractivity contribution in [2.45, 2.75) is 20.0 Å². The predicted octanol–water partition coefficient (Wildman–Crippen LogP) is 1.71. The van der Waals surface area contributed by atoms with Gasteiger partial charge in [0, 0.05) is 39.6 Å². The van der Waals surface area contributed by atoms with E-state index in [1.807, 2.05) is 19.1 Å². The van der Waals surface area contributed by atoms with E-state index in [9.17, 15) is 0 Å². The number of nitrogens with zero attached hydrogens (tertiary/aromatic N) is 4. The van der Waals surface area contributed by atoms with Crippen LogP contribution in [0.5, 0.6) is 5.75 Å². The van der Waals surface area contributed by atoms with Gasteiger partial charge in [-0.05, 0) is 17.7 Å². The van der Waals surface area contributed by atoms with Gasteiger partial charge in [0.15, 0.2) is 5.82 Å². The summed E-state index contributed by atoms with van der Waals surface area (Å²) >= 11 is 0. The van der Waals surface area contributed by atoms with Gasteiger partial charge in [0.25, 0.3) is 0 Å². The molecule has 1 aromatic heterocycles. The highest BCUT2D eigenvalue weighted by atomic mass is 16.5. The molecule has 1 aliphatic rings. The summed E-state index contributed by atoms with van der Waals surface area (Å²) in [6.45, 7) is 7.92. The van der Waals surface area contributed by atoms with Gasteiger partial charge in [-0.15, -0.1) is 6.42 Å². The molecule has 6 nitrogen and oxygen atoms in total. The van der Waals surface area contributed by atoms with Crippen molar-refractivity contribution in [3.63, 3.8) is 0 Å². The Morgan fingerprint density at radius 2 is 1.79 bits per heavy atom. The topological polar surface area (TPSA) is 54.6 Å². The minimum absolute atomic E-state index is 0.307. The highest BCUT2D eigenvalue weighted by Gasteiger charge is 2.18. The molecule has 0 atom stereocenters. The van der Waals surface area contributed by atoms with E-state index in [-0.39, 0.29) is 0 Å². The summed E-state index contributed by atoms with van der Waals surface area (Å²) in [6, 6.07) is 8.14. The lowest BCUT2D eigenvalue weighted by molar-refractivity contribution is 0.119. The third-order valence-corrected chi connectivity index (χ3v) is 4.05. The van der Waals surface area contributed by atoms with Crippen molar-refractivity contribution in [2.24, 2.45) is 0 Å². The maximum atomic E-state index is 5.40. The van der Waals surface area contributed by atoms with Crippen LogP contribution in [0.4, 0.5) is 0 Å². The van der Waals surface area contributed by atoms with E-state index in [0.717, 1.165) is 50.8 Å². The maximum absolute atomic E-state index is 5.40. The molecule has 2 aromatic rings. The molecule has 0 bridgehead atoms. The second-order valence-corrected chi connectivity index (χ2v) is 5.92. The van der Waals surface area contributed by atoms with Crippen molar-refractivity contribution < 1.29 is 9.26 Å². The highest BCUT2D eigenvalue weighted by Crippen LogP contribution is 2.15. The van der Waals surface area contributed by atoms with Gasteiger partial charge in [0.2, 0.25) is 5.89 Å². The summed E-state index contributed by atoms with van der Waals surface area (Å²) in [5, 5.41) is 3.96. The normalized spacial score (nSPS) is 16.0. The Bertz CT molecular complexity index is 682. The summed E-state index contributed by atoms with van der Waals surface area (Å²) < 4.78 is 10.4. The smallest absolute Gasteiger partial charge is 0.223 e. The zero-order valence-electron chi connectivity index (χ0n) is 13.9. The first kappa shape index (κ1) is 16.5. The van der Waals surface area contributed by atoms with Crippen LogP contribution < -0.4 is 4.74 Å². The number of aromatic nitrogens is 2. The van der Waals surface area contributed by atoms with Gasteiger partial charge in [0.1, 0.15) is 12.4 Å². The molecule has 1 saturated heterocycles. The van der Waals surface area contributed by atoms with Gasteiger partial charge >= 0.3 is 0 Å². The van der Waals surface area contributed by atoms with Gasteiger partial charge in [-0.3, -0.25) is 9.80 Å². The first-order chi connectivity index (χ1) is 11.7. The third-order valence-electron chi connectivity index (χ3n) is 4.05. The molecule has 0 saturated carbocycles. The molecule has 1 aliphatic heterocycles. The van der Waals surface area contributed by atoms with E-state index in [4.69, 9.17) is 15.7 Å². The van der Waals surface area contributed by atoms with Crippen LogP contribution in [0.3, 0.4) is 0 Å². The average molecular weight is 326 g/mol. The molecule has 24 heavy (non-hydrogen) atoms. The molecule has 0 aliphatic carbocycles. The van der Waals surface area contributed by atoms with Crippen molar-refractivity contribution in [1.82, 2.24) is 19.9 Å². The number of terminal acetylenes is 1. The lowest BCUT2D eigenvalue weighted by Gasteiger charge is -2.34. The lowest BCUT2D eigenvalue weighted by atomic mass is 10.2. The minimum Gasteiger partial charge on any atom is -0.481 e. The molecule has 1 aromatic carbocycles. The molecular weight excluding hydrogens is 304 g/mol. The third kappa shape index (κ3) is 4.57. The van der Waals surface area contributed by atoms with Crippen molar-refractivity contribution in [1.29, 1.82) is 0 Å².